The summed E-state index contributed by atoms with van der Waals surface area (Å²) in [4.78, 5) is 25.4. The maximum atomic E-state index is 12.6. The largest absolute Gasteiger partial charge is 0.372 e. The molecule has 172 valence electrons. The molecule has 1 unspecified atom stereocenters. The number of nitro groups is 1. The minimum atomic E-state index is -3.83. The summed E-state index contributed by atoms with van der Waals surface area (Å²) in [6.07, 6.45) is 4.60. The Morgan fingerprint density at radius 3 is 2.41 bits per heavy atom. The minimum Gasteiger partial charge on any atom is -0.372 e. The Bertz CT molecular complexity index is 1070. The molecule has 1 fully saturated rings. The van der Waals surface area contributed by atoms with Gasteiger partial charge in [-0.3, -0.25) is 19.2 Å². The number of piperidine rings is 1. The van der Waals surface area contributed by atoms with E-state index in [1.54, 1.807) is 0 Å². The van der Waals surface area contributed by atoms with Gasteiger partial charge in [0.2, 0.25) is 15.9 Å². The number of nitrogens with one attached hydrogen (secondary N) is 1. The van der Waals surface area contributed by atoms with Gasteiger partial charge in [0.1, 0.15) is 6.54 Å². The molecule has 2 aromatic rings. The fourth-order valence-electron chi connectivity index (χ4n) is 3.79. The van der Waals surface area contributed by atoms with Crippen molar-refractivity contribution < 1.29 is 18.1 Å². The predicted molar refractivity (Wildman–Crippen MR) is 124 cm³/mol. The number of carbonyl (C=O) groups is 1. The number of anilines is 2. The highest BCUT2D eigenvalue weighted by Crippen LogP contribution is 2.24. The fourth-order valence-corrected chi connectivity index (χ4v) is 4.64. The molecule has 1 N–H and O–H groups in total. The van der Waals surface area contributed by atoms with Gasteiger partial charge < -0.3 is 10.2 Å². The second kappa shape index (κ2) is 9.99. The van der Waals surface area contributed by atoms with Gasteiger partial charge in [-0.2, -0.15) is 0 Å². The van der Waals surface area contributed by atoms with Crippen molar-refractivity contribution in [3.05, 3.63) is 64.2 Å². The molecule has 1 aliphatic rings. The first kappa shape index (κ1) is 23.5. The van der Waals surface area contributed by atoms with Gasteiger partial charge in [0.15, 0.2) is 0 Å². The fraction of sp³-hybridized carbons (Fsp3) is 0.409. The lowest BCUT2D eigenvalue weighted by atomic mass is 10.1. The van der Waals surface area contributed by atoms with Crippen molar-refractivity contribution in [2.75, 3.05) is 35.1 Å². The summed E-state index contributed by atoms with van der Waals surface area (Å²) >= 11 is 0. The van der Waals surface area contributed by atoms with Crippen molar-refractivity contribution in [3.63, 3.8) is 0 Å². The molecule has 1 amide bonds. The number of nitrogens with zero attached hydrogens (tertiary/aromatic N) is 3. The minimum absolute atomic E-state index is 0.0652. The summed E-state index contributed by atoms with van der Waals surface area (Å²) in [7, 11) is -3.83. The van der Waals surface area contributed by atoms with Crippen molar-refractivity contribution in [3.8, 4) is 0 Å². The Balaban J connectivity index is 1.68. The SMILES string of the molecule is CC(NC(=O)CN(c1cccc([N+](=O)[O-])c1)S(C)(=O)=O)c1ccc(N2CCCCC2)cc1. The van der Waals surface area contributed by atoms with Gasteiger partial charge in [-0.05, 0) is 49.9 Å². The zero-order valence-corrected chi connectivity index (χ0v) is 19.0. The highest BCUT2D eigenvalue weighted by atomic mass is 32.2. The van der Waals surface area contributed by atoms with Crippen LogP contribution in [0.15, 0.2) is 48.5 Å². The summed E-state index contributed by atoms with van der Waals surface area (Å²) < 4.78 is 25.4. The standard InChI is InChI=1S/C22H28N4O5S/c1-17(18-9-11-19(12-10-18)24-13-4-3-5-14-24)23-22(27)16-25(32(2,30)31)20-7-6-8-21(15-20)26(28)29/h6-12,15,17H,3-5,13-14,16H2,1-2H3,(H,23,27). The average Bonchev–Trinajstić information content (AvgIpc) is 2.77. The lowest BCUT2D eigenvalue weighted by molar-refractivity contribution is -0.384. The quantitative estimate of drug-likeness (QED) is 0.478. The molecule has 0 spiro atoms. The zero-order valence-electron chi connectivity index (χ0n) is 18.2. The second-order valence-corrected chi connectivity index (χ2v) is 9.88. The molecule has 0 aromatic heterocycles. The van der Waals surface area contributed by atoms with Gasteiger partial charge in [-0.15, -0.1) is 0 Å². The van der Waals surface area contributed by atoms with E-state index >= 15 is 0 Å². The molecule has 1 aliphatic heterocycles. The van der Waals surface area contributed by atoms with E-state index in [9.17, 15) is 23.3 Å². The van der Waals surface area contributed by atoms with E-state index in [4.69, 9.17) is 0 Å². The van der Waals surface area contributed by atoms with Gasteiger partial charge >= 0.3 is 0 Å². The maximum absolute atomic E-state index is 12.6. The molecule has 32 heavy (non-hydrogen) atoms. The Morgan fingerprint density at radius 1 is 1.16 bits per heavy atom. The predicted octanol–water partition coefficient (Wildman–Crippen LogP) is 3.23. The molecule has 1 atom stereocenters. The molecule has 9 nitrogen and oxygen atoms in total. The smallest absolute Gasteiger partial charge is 0.271 e. The van der Waals surface area contributed by atoms with Crippen LogP contribution in [0, 0.1) is 10.1 Å². The van der Waals surface area contributed by atoms with Crippen LogP contribution in [0.5, 0.6) is 0 Å². The number of amides is 1. The third-order valence-corrected chi connectivity index (χ3v) is 6.65. The van der Waals surface area contributed by atoms with Crippen LogP contribution in [0.3, 0.4) is 0 Å². The van der Waals surface area contributed by atoms with E-state index in [-0.39, 0.29) is 17.4 Å². The van der Waals surface area contributed by atoms with Crippen molar-refractivity contribution >= 4 is 33.0 Å². The topological polar surface area (TPSA) is 113 Å². The number of nitro benzene ring substituents is 1. The van der Waals surface area contributed by atoms with Crippen LogP contribution >= 0.6 is 0 Å². The Labute approximate surface area is 188 Å². The highest BCUT2D eigenvalue weighted by molar-refractivity contribution is 7.92. The highest BCUT2D eigenvalue weighted by Gasteiger charge is 2.23. The Morgan fingerprint density at radius 2 is 1.81 bits per heavy atom. The van der Waals surface area contributed by atoms with Crippen LogP contribution in [-0.2, 0) is 14.8 Å². The molecule has 3 rings (SSSR count). The lowest BCUT2D eigenvalue weighted by Gasteiger charge is -2.29. The van der Waals surface area contributed by atoms with Crippen molar-refractivity contribution in [2.24, 2.45) is 0 Å². The summed E-state index contributed by atoms with van der Waals surface area (Å²) in [6, 6.07) is 12.9. The van der Waals surface area contributed by atoms with Gasteiger partial charge in [-0.1, -0.05) is 18.2 Å². The first-order valence-electron chi connectivity index (χ1n) is 10.5. The molecule has 0 bridgehead atoms. The summed E-state index contributed by atoms with van der Waals surface area (Å²) in [5.74, 6) is -0.505. The number of sulfonamides is 1. The average molecular weight is 461 g/mol. The van der Waals surface area contributed by atoms with Crippen LogP contribution in [0.25, 0.3) is 0 Å². The van der Waals surface area contributed by atoms with Crippen molar-refractivity contribution in [2.45, 2.75) is 32.2 Å². The van der Waals surface area contributed by atoms with Crippen LogP contribution in [0.2, 0.25) is 0 Å². The van der Waals surface area contributed by atoms with Crippen LogP contribution < -0.4 is 14.5 Å². The van der Waals surface area contributed by atoms with Crippen LogP contribution in [-0.4, -0.2) is 45.1 Å². The molecule has 0 radical (unpaired) electrons. The van der Waals surface area contributed by atoms with Gasteiger partial charge in [0.25, 0.3) is 5.69 Å². The molecule has 1 heterocycles. The summed E-state index contributed by atoms with van der Waals surface area (Å²) in [6.45, 7) is 3.44. The van der Waals surface area contributed by atoms with Gasteiger partial charge in [0.05, 0.1) is 22.9 Å². The summed E-state index contributed by atoms with van der Waals surface area (Å²) in [5, 5.41) is 13.8. The second-order valence-electron chi connectivity index (χ2n) is 7.98. The zero-order chi connectivity index (χ0) is 23.3. The van der Waals surface area contributed by atoms with Crippen LogP contribution in [0.4, 0.5) is 17.1 Å². The number of hydrogen-bond acceptors (Lipinski definition) is 6. The number of carbonyl (C=O) groups excluding carboxylic acids is 1. The first-order chi connectivity index (χ1) is 15.1. The lowest BCUT2D eigenvalue weighted by Crippen LogP contribution is -2.41. The molecule has 0 aliphatic carbocycles. The van der Waals surface area contributed by atoms with E-state index in [2.05, 4.69) is 10.2 Å². The molecule has 2 aromatic carbocycles. The van der Waals surface area contributed by atoms with Crippen molar-refractivity contribution in [1.82, 2.24) is 5.32 Å². The number of hydrogen-bond donors (Lipinski definition) is 1. The van der Waals surface area contributed by atoms with E-state index < -0.39 is 27.4 Å². The third-order valence-electron chi connectivity index (χ3n) is 5.51. The Hall–Kier alpha value is -3.14. The third kappa shape index (κ3) is 5.97. The van der Waals surface area contributed by atoms with Crippen LogP contribution in [0.1, 0.15) is 37.8 Å². The van der Waals surface area contributed by atoms with Crippen molar-refractivity contribution in [1.29, 1.82) is 0 Å². The van der Waals surface area contributed by atoms with E-state index in [0.29, 0.717) is 0 Å². The van der Waals surface area contributed by atoms with E-state index in [0.717, 1.165) is 41.0 Å². The Kier molecular flexibility index (Phi) is 7.34. The van der Waals surface area contributed by atoms with Gasteiger partial charge in [-0.25, -0.2) is 8.42 Å². The monoisotopic (exact) mass is 460 g/mol. The summed E-state index contributed by atoms with van der Waals surface area (Å²) in [5.41, 5.74) is 1.87. The number of non-ortho nitro benzene ring substituents is 1. The molecule has 1 saturated heterocycles. The van der Waals surface area contributed by atoms with E-state index in [1.807, 2.05) is 31.2 Å². The first-order valence-corrected chi connectivity index (χ1v) is 12.4. The normalized spacial score (nSPS) is 15.1. The van der Waals surface area contributed by atoms with Gasteiger partial charge in [0, 0.05) is 30.9 Å². The number of benzene rings is 2. The number of rotatable bonds is 8. The maximum Gasteiger partial charge on any atom is 0.271 e. The molecule has 0 saturated carbocycles. The molecular formula is C22H28N4O5S. The van der Waals surface area contributed by atoms with E-state index in [1.165, 1.54) is 37.5 Å². The molecule has 10 heteroatoms. The molecular weight excluding hydrogens is 432 g/mol.